The summed E-state index contributed by atoms with van der Waals surface area (Å²) < 4.78 is 1.15. The predicted octanol–water partition coefficient (Wildman–Crippen LogP) is 2.18. The molecule has 1 heterocycles. The molecule has 2 aromatic rings. The van der Waals surface area contributed by atoms with E-state index in [0.29, 0.717) is 11.3 Å². The first kappa shape index (κ1) is 16.8. The minimum absolute atomic E-state index is 0.0846. The van der Waals surface area contributed by atoms with Crippen LogP contribution >= 0.6 is 12.2 Å². The predicted molar refractivity (Wildman–Crippen MR) is 88.8 cm³/mol. The third kappa shape index (κ3) is 3.78. The van der Waals surface area contributed by atoms with Crippen molar-refractivity contribution in [1.82, 2.24) is 14.9 Å². The van der Waals surface area contributed by atoms with Crippen LogP contribution in [-0.2, 0) is 5.41 Å². The fraction of sp³-hybridized carbons (Fsp3) is 0.267. The zero-order valence-corrected chi connectivity index (χ0v) is 13.7. The van der Waals surface area contributed by atoms with E-state index in [1.54, 1.807) is 12.1 Å². The van der Waals surface area contributed by atoms with Gasteiger partial charge in [0.1, 0.15) is 5.69 Å². The molecule has 0 unspecified atom stereocenters. The molecule has 0 aliphatic heterocycles. The number of aromatic nitrogens is 3. The number of benzene rings is 1. The Labute approximate surface area is 137 Å². The average Bonchev–Trinajstić information content (AvgIpc) is 2.46. The van der Waals surface area contributed by atoms with E-state index in [1.165, 1.54) is 18.3 Å². The van der Waals surface area contributed by atoms with E-state index in [1.807, 2.05) is 20.8 Å². The van der Waals surface area contributed by atoms with Crippen molar-refractivity contribution in [3.63, 3.8) is 0 Å². The summed E-state index contributed by atoms with van der Waals surface area (Å²) in [5, 5.41) is 19.5. The third-order valence-electron chi connectivity index (χ3n) is 3.04. The van der Waals surface area contributed by atoms with Crippen LogP contribution in [0.2, 0.25) is 0 Å². The van der Waals surface area contributed by atoms with Crippen molar-refractivity contribution in [2.75, 3.05) is 0 Å². The molecule has 0 radical (unpaired) electrons. The molecule has 1 aromatic carbocycles. The lowest BCUT2D eigenvalue weighted by molar-refractivity contribution is 0.0697. The second-order valence-electron chi connectivity index (χ2n) is 5.92. The van der Waals surface area contributed by atoms with E-state index in [-0.39, 0.29) is 15.9 Å². The maximum atomic E-state index is 12.4. The van der Waals surface area contributed by atoms with Gasteiger partial charge in [-0.05, 0) is 29.9 Å². The molecule has 7 nitrogen and oxygen atoms in total. The van der Waals surface area contributed by atoms with Gasteiger partial charge in [0.25, 0.3) is 5.56 Å². The Morgan fingerprint density at radius 1 is 1.35 bits per heavy atom. The molecule has 0 atom stereocenters. The van der Waals surface area contributed by atoms with Gasteiger partial charge in [-0.2, -0.15) is 14.9 Å². The first-order valence-electron chi connectivity index (χ1n) is 6.80. The molecule has 2 N–H and O–H groups in total. The zero-order valence-electron chi connectivity index (χ0n) is 12.9. The summed E-state index contributed by atoms with van der Waals surface area (Å²) in [6, 6.07) is 6.11. The number of nitrogens with zero attached hydrogens (tertiary/aromatic N) is 3. The largest absolute Gasteiger partial charge is 0.478 e. The van der Waals surface area contributed by atoms with Gasteiger partial charge < -0.3 is 5.11 Å². The summed E-state index contributed by atoms with van der Waals surface area (Å²) >= 11 is 5.05. The molecule has 0 amide bonds. The van der Waals surface area contributed by atoms with E-state index in [4.69, 9.17) is 17.3 Å². The van der Waals surface area contributed by atoms with Crippen molar-refractivity contribution in [3.8, 4) is 0 Å². The Bertz CT molecular complexity index is 873. The normalized spacial score (nSPS) is 11.8. The lowest BCUT2D eigenvalue weighted by atomic mass is 9.93. The fourth-order valence-corrected chi connectivity index (χ4v) is 2.00. The highest BCUT2D eigenvalue weighted by Crippen LogP contribution is 2.15. The van der Waals surface area contributed by atoms with E-state index >= 15 is 0 Å². The van der Waals surface area contributed by atoms with Gasteiger partial charge in [-0.15, -0.1) is 0 Å². The molecular weight excluding hydrogens is 316 g/mol. The third-order valence-corrected chi connectivity index (χ3v) is 3.31. The van der Waals surface area contributed by atoms with Crippen LogP contribution in [0, 0.1) is 4.77 Å². The van der Waals surface area contributed by atoms with Crippen LogP contribution in [0.4, 0.5) is 0 Å². The van der Waals surface area contributed by atoms with Crippen molar-refractivity contribution < 1.29 is 9.90 Å². The van der Waals surface area contributed by atoms with Gasteiger partial charge in [0, 0.05) is 5.41 Å². The monoisotopic (exact) mass is 332 g/mol. The second kappa shape index (κ2) is 6.25. The molecule has 2 rings (SSSR count). The summed E-state index contributed by atoms with van der Waals surface area (Å²) in [5.74, 6) is -1.00. The van der Waals surface area contributed by atoms with Gasteiger partial charge >= 0.3 is 5.97 Å². The maximum absolute atomic E-state index is 12.4. The molecule has 0 saturated heterocycles. The van der Waals surface area contributed by atoms with Gasteiger partial charge in [-0.3, -0.25) is 9.89 Å². The number of hydrogen-bond donors (Lipinski definition) is 2. The van der Waals surface area contributed by atoms with Crippen molar-refractivity contribution in [3.05, 3.63) is 56.2 Å². The summed E-state index contributed by atoms with van der Waals surface area (Å²) in [5.41, 5.74) is 0.307. The smallest absolute Gasteiger partial charge is 0.335 e. The number of aromatic amines is 1. The summed E-state index contributed by atoms with van der Waals surface area (Å²) in [4.78, 5) is 23.2. The van der Waals surface area contributed by atoms with Crippen molar-refractivity contribution in [2.45, 2.75) is 26.2 Å². The minimum Gasteiger partial charge on any atom is -0.478 e. The van der Waals surface area contributed by atoms with E-state index in [9.17, 15) is 9.59 Å². The molecule has 8 heteroatoms. The Hall–Kier alpha value is -2.61. The molecule has 0 fully saturated rings. The molecule has 0 aliphatic rings. The van der Waals surface area contributed by atoms with Gasteiger partial charge in [0.05, 0.1) is 11.8 Å². The van der Waals surface area contributed by atoms with Crippen LogP contribution in [0.1, 0.15) is 42.4 Å². The molecule has 1 aromatic heterocycles. The molecule has 23 heavy (non-hydrogen) atoms. The van der Waals surface area contributed by atoms with Crippen LogP contribution in [0.15, 0.2) is 34.2 Å². The quantitative estimate of drug-likeness (QED) is 0.663. The van der Waals surface area contributed by atoms with Crippen LogP contribution in [0.3, 0.4) is 0 Å². The first-order valence-corrected chi connectivity index (χ1v) is 7.21. The number of carboxylic acid groups (broad SMARTS) is 1. The van der Waals surface area contributed by atoms with E-state index < -0.39 is 11.4 Å². The number of aromatic carboxylic acids is 1. The standard InChI is InChI=1S/C15H16N4O3S/c1-15(2,3)11-12(20)19(14(23)18-17-11)16-8-9-4-6-10(7-5-9)13(21)22/h4-8H,1-3H3,(H,18,23)(H,21,22)/b16-8-. The molecule has 0 spiro atoms. The van der Waals surface area contributed by atoms with Gasteiger partial charge in [0.2, 0.25) is 4.77 Å². The molecule has 0 aliphatic carbocycles. The highest BCUT2D eigenvalue weighted by molar-refractivity contribution is 7.71. The Morgan fingerprint density at radius 3 is 2.48 bits per heavy atom. The first-order chi connectivity index (χ1) is 10.7. The number of carboxylic acids is 1. The van der Waals surface area contributed by atoms with Gasteiger partial charge in [-0.1, -0.05) is 32.9 Å². The van der Waals surface area contributed by atoms with Crippen LogP contribution in [-0.4, -0.2) is 32.2 Å². The second-order valence-corrected chi connectivity index (χ2v) is 6.30. The number of hydrogen-bond acceptors (Lipinski definition) is 5. The maximum Gasteiger partial charge on any atom is 0.335 e. The molecule has 0 bridgehead atoms. The molecular formula is C15H16N4O3S. The Morgan fingerprint density at radius 2 is 1.96 bits per heavy atom. The van der Waals surface area contributed by atoms with E-state index in [2.05, 4.69) is 15.3 Å². The van der Waals surface area contributed by atoms with Crippen LogP contribution in [0.5, 0.6) is 0 Å². The van der Waals surface area contributed by atoms with Gasteiger partial charge in [-0.25, -0.2) is 4.79 Å². The highest BCUT2D eigenvalue weighted by atomic mass is 32.1. The number of nitrogens with one attached hydrogen (secondary N) is 1. The zero-order chi connectivity index (χ0) is 17.2. The number of H-pyrrole nitrogens is 1. The van der Waals surface area contributed by atoms with Crippen LogP contribution in [0.25, 0.3) is 0 Å². The Kier molecular flexibility index (Phi) is 4.55. The average molecular weight is 332 g/mol. The lowest BCUT2D eigenvalue weighted by Gasteiger charge is -2.16. The number of carbonyl (C=O) groups is 1. The summed E-state index contributed by atoms with van der Waals surface area (Å²) in [6.45, 7) is 5.60. The van der Waals surface area contributed by atoms with Crippen molar-refractivity contribution in [2.24, 2.45) is 5.10 Å². The van der Waals surface area contributed by atoms with Crippen LogP contribution < -0.4 is 5.56 Å². The minimum atomic E-state index is -1.00. The summed E-state index contributed by atoms with van der Waals surface area (Å²) in [6.07, 6.45) is 1.43. The van der Waals surface area contributed by atoms with Crippen molar-refractivity contribution >= 4 is 24.4 Å². The highest BCUT2D eigenvalue weighted by Gasteiger charge is 2.21. The topological polar surface area (TPSA) is 100 Å². The van der Waals surface area contributed by atoms with Gasteiger partial charge in [0.15, 0.2) is 0 Å². The molecule has 120 valence electrons. The fourth-order valence-electron chi connectivity index (χ4n) is 1.82. The van der Waals surface area contributed by atoms with Crippen molar-refractivity contribution in [1.29, 1.82) is 0 Å². The van der Waals surface area contributed by atoms with E-state index in [0.717, 1.165) is 4.68 Å². The Balaban J connectivity index is 2.42. The lowest BCUT2D eigenvalue weighted by Crippen LogP contribution is -2.32. The summed E-state index contributed by atoms with van der Waals surface area (Å²) in [7, 11) is 0. The SMILES string of the molecule is CC(C)(C)c1n[nH]c(=S)n(/N=C\c2ccc(C(=O)O)cc2)c1=O. The number of rotatable bonds is 3. The molecule has 0 saturated carbocycles.